The maximum atomic E-state index is 11.8. The number of ether oxygens (including phenoxy) is 1. The van der Waals surface area contributed by atoms with Crippen LogP contribution in [0.5, 0.6) is 0 Å². The van der Waals surface area contributed by atoms with E-state index < -0.39 is 67.4 Å². The van der Waals surface area contributed by atoms with Gasteiger partial charge in [-0.05, 0) is 6.08 Å². The van der Waals surface area contributed by atoms with E-state index in [-0.39, 0.29) is 0 Å². The maximum absolute atomic E-state index is 11.8. The van der Waals surface area contributed by atoms with Gasteiger partial charge >= 0.3 is 5.97 Å². The zero-order chi connectivity index (χ0) is 20.2. The minimum atomic E-state index is -3.07. The standard InChI is InChI=1S/C12H20N4O7/c1-4(18)15-8-5(16-12(13)14)2-7(11(21)22)23-10(8)9(20)6(19)3-17/h2,5-6,8-10,17,19-20H,3H2,1H3,(H,15,18)(H,21,22)(H4,13,14,16)/t5-,6+,8+,9+,10?/m0/s1/i1D3. The molecule has 1 aliphatic heterocycles. The molecular weight excluding hydrogens is 312 g/mol. The van der Waals surface area contributed by atoms with Gasteiger partial charge in [-0.15, -0.1) is 0 Å². The number of aliphatic carboxylic acids is 1. The van der Waals surface area contributed by atoms with Crippen molar-refractivity contribution in [2.24, 2.45) is 16.5 Å². The van der Waals surface area contributed by atoms with Gasteiger partial charge in [-0.3, -0.25) is 4.79 Å². The van der Waals surface area contributed by atoms with Crippen molar-refractivity contribution in [2.45, 2.75) is 37.2 Å². The first-order valence-corrected chi connectivity index (χ1v) is 6.37. The zero-order valence-electron chi connectivity index (χ0n) is 14.8. The van der Waals surface area contributed by atoms with Crippen LogP contribution < -0.4 is 16.8 Å². The molecule has 0 saturated heterocycles. The van der Waals surface area contributed by atoms with Crippen molar-refractivity contribution in [3.05, 3.63) is 11.8 Å². The van der Waals surface area contributed by atoms with E-state index in [9.17, 15) is 19.8 Å². The van der Waals surface area contributed by atoms with Crippen molar-refractivity contribution in [2.75, 3.05) is 6.61 Å². The van der Waals surface area contributed by atoms with Gasteiger partial charge in [0.1, 0.15) is 18.3 Å². The molecule has 9 N–H and O–H groups in total. The summed E-state index contributed by atoms with van der Waals surface area (Å²) in [5.41, 5.74) is 10.5. The monoisotopic (exact) mass is 335 g/mol. The van der Waals surface area contributed by atoms with Crippen LogP contribution in [0.4, 0.5) is 0 Å². The number of nitrogens with two attached hydrogens (primary N) is 2. The molecule has 0 spiro atoms. The number of aliphatic imine (C=N–C) groups is 1. The number of nitrogens with zero attached hydrogens (tertiary/aromatic N) is 1. The first kappa shape index (κ1) is 14.2. The van der Waals surface area contributed by atoms with Crippen molar-refractivity contribution in [1.29, 1.82) is 0 Å². The van der Waals surface area contributed by atoms with Gasteiger partial charge in [-0.25, -0.2) is 9.79 Å². The molecule has 5 atom stereocenters. The molecule has 0 fully saturated rings. The summed E-state index contributed by atoms with van der Waals surface area (Å²) in [4.78, 5) is 26.7. The molecule has 0 aliphatic carbocycles. The fourth-order valence-electron chi connectivity index (χ4n) is 2.05. The van der Waals surface area contributed by atoms with Crippen molar-refractivity contribution in [1.82, 2.24) is 5.32 Å². The number of hydrogen-bond acceptors (Lipinski definition) is 7. The van der Waals surface area contributed by atoms with E-state index in [4.69, 9.17) is 30.5 Å². The highest BCUT2D eigenvalue weighted by Gasteiger charge is 2.43. The van der Waals surface area contributed by atoms with E-state index in [2.05, 4.69) is 4.99 Å². The molecule has 1 rings (SSSR count). The van der Waals surface area contributed by atoms with Crippen LogP contribution >= 0.6 is 0 Å². The number of carboxylic acids is 1. The summed E-state index contributed by atoms with van der Waals surface area (Å²) >= 11 is 0. The third-order valence-corrected chi connectivity index (χ3v) is 3.03. The minimum Gasteiger partial charge on any atom is -0.478 e. The second-order valence-corrected chi connectivity index (χ2v) is 4.70. The molecule has 1 heterocycles. The zero-order valence-corrected chi connectivity index (χ0v) is 11.8. The van der Waals surface area contributed by atoms with Crippen molar-refractivity contribution >= 4 is 17.8 Å². The normalized spacial score (nSPS) is 28.7. The first-order valence-electron chi connectivity index (χ1n) is 7.87. The number of rotatable bonds is 6. The molecule has 1 aliphatic rings. The van der Waals surface area contributed by atoms with Crippen LogP contribution in [0.25, 0.3) is 0 Å². The van der Waals surface area contributed by atoms with Crippen molar-refractivity contribution in [3.63, 3.8) is 0 Å². The highest BCUT2D eigenvalue weighted by Crippen LogP contribution is 2.24. The molecule has 11 heteroatoms. The molecule has 23 heavy (non-hydrogen) atoms. The lowest BCUT2D eigenvalue weighted by atomic mass is 9.92. The van der Waals surface area contributed by atoms with E-state index in [0.29, 0.717) is 0 Å². The Kier molecular flexibility index (Phi) is 4.80. The summed E-state index contributed by atoms with van der Waals surface area (Å²) in [6.07, 6.45) is -4.45. The van der Waals surface area contributed by atoms with Gasteiger partial charge in [0.2, 0.25) is 11.7 Å². The van der Waals surface area contributed by atoms with E-state index in [1.165, 1.54) is 0 Å². The Labute approximate surface area is 135 Å². The number of carbonyl (C=O) groups is 2. The SMILES string of the molecule is [2H]C([2H])([2H])C(=O)N[C@H]1C([C@H](O)[C@H](O)CO)OC(C(=O)O)=C[C@@H]1N=C(N)N. The Morgan fingerprint density at radius 2 is 2.17 bits per heavy atom. The van der Waals surface area contributed by atoms with Gasteiger partial charge in [-0.1, -0.05) is 0 Å². The van der Waals surface area contributed by atoms with Crippen LogP contribution in [0.2, 0.25) is 0 Å². The third-order valence-electron chi connectivity index (χ3n) is 3.03. The smallest absolute Gasteiger partial charge is 0.370 e. The molecule has 0 aromatic rings. The van der Waals surface area contributed by atoms with Crippen LogP contribution in [0.15, 0.2) is 16.8 Å². The Balaban J connectivity index is 3.36. The Bertz CT molecular complexity index is 606. The fourth-order valence-corrected chi connectivity index (χ4v) is 2.05. The fraction of sp³-hybridized carbons (Fsp3) is 0.583. The van der Waals surface area contributed by atoms with Gasteiger partial charge in [-0.2, -0.15) is 0 Å². The lowest BCUT2D eigenvalue weighted by Gasteiger charge is -2.38. The van der Waals surface area contributed by atoms with E-state index in [1.54, 1.807) is 0 Å². The summed E-state index contributed by atoms with van der Waals surface area (Å²) in [7, 11) is 0. The lowest BCUT2D eigenvalue weighted by Crippen LogP contribution is -2.59. The van der Waals surface area contributed by atoms with Crippen LogP contribution in [-0.4, -0.2) is 75.3 Å². The summed E-state index contributed by atoms with van der Waals surface area (Å²) in [6, 6.07) is -2.78. The highest BCUT2D eigenvalue weighted by atomic mass is 16.5. The topological polar surface area (TPSA) is 201 Å². The van der Waals surface area contributed by atoms with Crippen LogP contribution in [0.3, 0.4) is 0 Å². The molecule has 0 saturated carbocycles. The molecule has 0 bridgehead atoms. The number of hydrogen-bond donors (Lipinski definition) is 7. The second kappa shape index (κ2) is 7.76. The Hall–Kier alpha value is -2.37. The first-order chi connectivity index (χ1) is 11.9. The summed E-state index contributed by atoms with van der Waals surface area (Å²) in [5, 5.41) is 39.9. The number of aliphatic hydroxyl groups is 3. The third kappa shape index (κ3) is 4.81. The molecular formula is C12H20N4O7. The van der Waals surface area contributed by atoms with E-state index in [1.807, 2.05) is 5.32 Å². The lowest BCUT2D eigenvalue weighted by molar-refractivity contribution is -0.145. The van der Waals surface area contributed by atoms with Gasteiger partial charge in [0.25, 0.3) is 0 Å². The molecule has 11 nitrogen and oxygen atoms in total. The second-order valence-electron chi connectivity index (χ2n) is 4.70. The molecule has 1 amide bonds. The number of aliphatic hydroxyl groups excluding tert-OH is 3. The quantitative estimate of drug-likeness (QED) is 0.188. The number of guanidine groups is 1. The molecule has 0 aromatic heterocycles. The predicted molar refractivity (Wildman–Crippen MR) is 76.9 cm³/mol. The van der Waals surface area contributed by atoms with Gasteiger partial charge in [0.05, 0.1) is 18.7 Å². The number of nitrogens with one attached hydrogen (secondary N) is 1. The van der Waals surface area contributed by atoms with Gasteiger partial charge in [0, 0.05) is 11.0 Å². The van der Waals surface area contributed by atoms with Gasteiger partial charge < -0.3 is 41.9 Å². The molecule has 1 unspecified atom stereocenters. The molecule has 0 aromatic carbocycles. The predicted octanol–water partition coefficient (Wildman–Crippen LogP) is -3.79. The minimum absolute atomic E-state index is 0.512. The Morgan fingerprint density at radius 3 is 2.65 bits per heavy atom. The summed E-state index contributed by atoms with van der Waals surface area (Å²) in [6.45, 7) is -3.98. The average molecular weight is 335 g/mol. The van der Waals surface area contributed by atoms with Crippen LogP contribution in [0.1, 0.15) is 11.0 Å². The van der Waals surface area contributed by atoms with E-state index >= 15 is 0 Å². The van der Waals surface area contributed by atoms with Crippen LogP contribution in [0, 0.1) is 0 Å². The van der Waals surface area contributed by atoms with Crippen molar-refractivity contribution < 1.29 is 38.9 Å². The average Bonchev–Trinajstić information content (AvgIpc) is 2.52. The van der Waals surface area contributed by atoms with Crippen LogP contribution in [-0.2, 0) is 14.3 Å². The number of amides is 1. The summed E-state index contributed by atoms with van der Waals surface area (Å²) in [5.74, 6) is -4.21. The van der Waals surface area contributed by atoms with E-state index in [0.717, 1.165) is 6.08 Å². The number of carbonyl (C=O) groups excluding carboxylic acids is 1. The van der Waals surface area contributed by atoms with Crippen molar-refractivity contribution in [3.8, 4) is 0 Å². The Morgan fingerprint density at radius 1 is 1.52 bits per heavy atom. The van der Waals surface area contributed by atoms with Gasteiger partial charge in [0.15, 0.2) is 5.96 Å². The molecule has 0 radical (unpaired) electrons. The largest absolute Gasteiger partial charge is 0.478 e. The maximum Gasteiger partial charge on any atom is 0.370 e. The summed E-state index contributed by atoms with van der Waals surface area (Å²) < 4.78 is 26.4. The highest BCUT2D eigenvalue weighted by molar-refractivity contribution is 5.85. The molecule has 130 valence electrons. The number of carboxylic acid groups (broad SMARTS) is 1.